The molecule has 1 aromatic heterocycles. The van der Waals surface area contributed by atoms with Crippen LogP contribution in [0.1, 0.15) is 32.4 Å². The molecule has 1 aromatic rings. The van der Waals surface area contributed by atoms with Crippen LogP contribution in [-0.4, -0.2) is 9.78 Å². The Morgan fingerprint density at radius 2 is 2.23 bits per heavy atom. The molecule has 1 heterocycles. The van der Waals surface area contributed by atoms with E-state index in [0.717, 1.165) is 23.2 Å². The average molecular weight is 201 g/mol. The molecule has 0 radical (unpaired) electrons. The Morgan fingerprint density at radius 3 is 2.69 bits per heavy atom. The van der Waals surface area contributed by atoms with E-state index in [9.17, 15) is 0 Å². The van der Waals surface area contributed by atoms with Crippen molar-refractivity contribution in [1.82, 2.24) is 9.78 Å². The second kappa shape index (κ2) is 4.66. The van der Waals surface area contributed by atoms with E-state index in [2.05, 4.69) is 18.9 Å². The molecule has 0 saturated carbocycles. The third-order valence-electron chi connectivity index (χ3n) is 2.19. The Morgan fingerprint density at radius 1 is 1.54 bits per heavy atom. The summed E-state index contributed by atoms with van der Waals surface area (Å²) in [5.74, 6) is 0.770. The van der Waals surface area contributed by atoms with E-state index < -0.39 is 0 Å². The number of nitrogens with zero attached hydrogens (tertiary/aromatic N) is 2. The molecule has 2 nitrogen and oxygen atoms in total. The molecule has 74 valence electrons. The van der Waals surface area contributed by atoms with Gasteiger partial charge in [-0.05, 0) is 25.7 Å². The molecular formula is C10H17ClN2. The number of aromatic nitrogens is 2. The molecular weight excluding hydrogens is 184 g/mol. The van der Waals surface area contributed by atoms with Crippen LogP contribution in [0.3, 0.4) is 0 Å². The number of halogens is 1. The summed E-state index contributed by atoms with van der Waals surface area (Å²) in [5, 5.41) is 4.96. The van der Waals surface area contributed by atoms with Crippen molar-refractivity contribution < 1.29 is 0 Å². The fourth-order valence-electron chi connectivity index (χ4n) is 1.30. The number of hydrogen-bond donors (Lipinski definition) is 0. The van der Waals surface area contributed by atoms with Crippen LogP contribution in [0.5, 0.6) is 0 Å². The zero-order valence-electron chi connectivity index (χ0n) is 8.55. The largest absolute Gasteiger partial charge is 0.268 e. The SMILES string of the molecule is Cc1c(Cl)cnn1CCCC(C)C. The molecule has 0 aliphatic heterocycles. The van der Waals surface area contributed by atoms with Crippen molar-refractivity contribution in [2.24, 2.45) is 5.92 Å². The summed E-state index contributed by atoms with van der Waals surface area (Å²) in [6.07, 6.45) is 4.14. The number of aryl methyl sites for hydroxylation is 1. The second-order valence-electron chi connectivity index (χ2n) is 3.84. The minimum absolute atomic E-state index is 0.768. The first-order valence-electron chi connectivity index (χ1n) is 4.79. The maximum absolute atomic E-state index is 5.89. The van der Waals surface area contributed by atoms with Crippen molar-refractivity contribution in [2.75, 3.05) is 0 Å². The van der Waals surface area contributed by atoms with Gasteiger partial charge in [0.1, 0.15) is 0 Å². The summed E-state index contributed by atoms with van der Waals surface area (Å²) < 4.78 is 1.98. The Kier molecular flexibility index (Phi) is 3.79. The van der Waals surface area contributed by atoms with Crippen LogP contribution < -0.4 is 0 Å². The normalized spacial score (nSPS) is 11.2. The minimum Gasteiger partial charge on any atom is -0.268 e. The monoisotopic (exact) mass is 200 g/mol. The molecule has 0 N–H and O–H groups in total. The third kappa shape index (κ3) is 3.03. The molecule has 0 bridgehead atoms. The molecule has 0 aliphatic rings. The van der Waals surface area contributed by atoms with Gasteiger partial charge in [-0.3, -0.25) is 4.68 Å². The third-order valence-corrected chi connectivity index (χ3v) is 2.57. The van der Waals surface area contributed by atoms with Crippen LogP contribution in [-0.2, 0) is 6.54 Å². The Balaban J connectivity index is 2.41. The van der Waals surface area contributed by atoms with Gasteiger partial charge in [0.2, 0.25) is 0 Å². The highest BCUT2D eigenvalue weighted by Gasteiger charge is 2.03. The second-order valence-corrected chi connectivity index (χ2v) is 4.24. The lowest BCUT2D eigenvalue weighted by atomic mass is 10.1. The van der Waals surface area contributed by atoms with Gasteiger partial charge in [-0.1, -0.05) is 25.4 Å². The highest BCUT2D eigenvalue weighted by atomic mass is 35.5. The van der Waals surface area contributed by atoms with Gasteiger partial charge < -0.3 is 0 Å². The van der Waals surface area contributed by atoms with E-state index >= 15 is 0 Å². The standard InChI is InChI=1S/C10H17ClN2/c1-8(2)5-4-6-13-9(3)10(11)7-12-13/h7-8H,4-6H2,1-3H3. The molecule has 0 aromatic carbocycles. The molecule has 0 spiro atoms. The molecule has 1 rings (SSSR count). The number of rotatable bonds is 4. The quantitative estimate of drug-likeness (QED) is 0.730. The minimum atomic E-state index is 0.768. The maximum Gasteiger partial charge on any atom is 0.0814 e. The van der Waals surface area contributed by atoms with E-state index in [0.29, 0.717) is 0 Å². The van der Waals surface area contributed by atoms with Gasteiger partial charge in [0.05, 0.1) is 16.9 Å². The molecule has 13 heavy (non-hydrogen) atoms. The zero-order chi connectivity index (χ0) is 9.84. The summed E-state index contributed by atoms with van der Waals surface area (Å²) >= 11 is 5.89. The maximum atomic E-state index is 5.89. The molecule has 3 heteroatoms. The summed E-state index contributed by atoms with van der Waals surface area (Å²) in [5.41, 5.74) is 1.07. The smallest absolute Gasteiger partial charge is 0.0814 e. The average Bonchev–Trinajstić information content (AvgIpc) is 2.35. The lowest BCUT2D eigenvalue weighted by Crippen LogP contribution is -2.03. The van der Waals surface area contributed by atoms with Crippen LogP contribution in [0.4, 0.5) is 0 Å². The van der Waals surface area contributed by atoms with E-state index in [1.807, 2.05) is 11.6 Å². The van der Waals surface area contributed by atoms with Crippen molar-refractivity contribution >= 4 is 11.6 Å². The van der Waals surface area contributed by atoms with Crippen molar-refractivity contribution in [3.05, 3.63) is 16.9 Å². The van der Waals surface area contributed by atoms with E-state index in [1.54, 1.807) is 6.20 Å². The van der Waals surface area contributed by atoms with Gasteiger partial charge in [0.15, 0.2) is 0 Å². The predicted molar refractivity (Wildman–Crippen MR) is 56.0 cm³/mol. The first kappa shape index (κ1) is 10.6. The van der Waals surface area contributed by atoms with E-state index in [1.165, 1.54) is 12.8 Å². The van der Waals surface area contributed by atoms with Gasteiger partial charge in [-0.15, -0.1) is 0 Å². The molecule has 0 atom stereocenters. The fraction of sp³-hybridized carbons (Fsp3) is 0.700. The molecule has 0 amide bonds. The lowest BCUT2D eigenvalue weighted by molar-refractivity contribution is 0.484. The molecule has 0 saturated heterocycles. The Bertz CT molecular complexity index is 266. The highest BCUT2D eigenvalue weighted by molar-refractivity contribution is 6.31. The van der Waals surface area contributed by atoms with Gasteiger partial charge in [0.25, 0.3) is 0 Å². The lowest BCUT2D eigenvalue weighted by Gasteiger charge is -2.06. The number of hydrogen-bond acceptors (Lipinski definition) is 1. The summed E-state index contributed by atoms with van der Waals surface area (Å²) in [4.78, 5) is 0. The van der Waals surface area contributed by atoms with Crippen LogP contribution >= 0.6 is 11.6 Å². The first-order chi connectivity index (χ1) is 6.11. The van der Waals surface area contributed by atoms with Crippen LogP contribution in [0.25, 0.3) is 0 Å². The molecule has 0 fully saturated rings. The van der Waals surface area contributed by atoms with Gasteiger partial charge in [-0.25, -0.2) is 0 Å². The summed E-state index contributed by atoms with van der Waals surface area (Å²) in [7, 11) is 0. The Hall–Kier alpha value is -0.500. The van der Waals surface area contributed by atoms with Crippen LogP contribution in [0, 0.1) is 12.8 Å². The van der Waals surface area contributed by atoms with Crippen molar-refractivity contribution in [3.63, 3.8) is 0 Å². The van der Waals surface area contributed by atoms with Crippen molar-refractivity contribution in [1.29, 1.82) is 0 Å². The van der Waals surface area contributed by atoms with Crippen molar-refractivity contribution in [2.45, 2.75) is 40.2 Å². The van der Waals surface area contributed by atoms with Gasteiger partial charge in [-0.2, -0.15) is 5.10 Å². The Labute approximate surface area is 84.9 Å². The molecule has 0 unspecified atom stereocenters. The summed E-state index contributed by atoms with van der Waals surface area (Å²) in [6.45, 7) is 7.47. The summed E-state index contributed by atoms with van der Waals surface area (Å²) in [6, 6.07) is 0. The van der Waals surface area contributed by atoms with Gasteiger partial charge in [0, 0.05) is 6.54 Å². The predicted octanol–water partition coefficient (Wildman–Crippen LogP) is 3.28. The van der Waals surface area contributed by atoms with E-state index in [-0.39, 0.29) is 0 Å². The fourth-order valence-corrected chi connectivity index (χ4v) is 1.44. The van der Waals surface area contributed by atoms with Crippen LogP contribution in [0.2, 0.25) is 5.02 Å². The van der Waals surface area contributed by atoms with Crippen LogP contribution in [0.15, 0.2) is 6.20 Å². The topological polar surface area (TPSA) is 17.8 Å². The van der Waals surface area contributed by atoms with Gasteiger partial charge >= 0.3 is 0 Å². The highest BCUT2D eigenvalue weighted by Crippen LogP contribution is 2.14. The van der Waals surface area contributed by atoms with E-state index in [4.69, 9.17) is 11.6 Å². The zero-order valence-corrected chi connectivity index (χ0v) is 9.30. The van der Waals surface area contributed by atoms with Crippen molar-refractivity contribution in [3.8, 4) is 0 Å². The first-order valence-corrected chi connectivity index (χ1v) is 5.17. The molecule has 0 aliphatic carbocycles.